The molecule has 78 valence electrons. The highest BCUT2D eigenvalue weighted by Crippen LogP contribution is 2.22. The quantitative estimate of drug-likeness (QED) is 0.764. The molecule has 6 heteroatoms. The molecule has 0 bridgehead atoms. The normalized spacial score (nSPS) is 25.2. The summed E-state index contributed by atoms with van der Waals surface area (Å²) in [6.07, 6.45) is 3.13. The fraction of sp³-hybridized carbons (Fsp3) is 1.00. The van der Waals surface area contributed by atoms with Gasteiger partial charge in [0.15, 0.2) is 0 Å². The maximum Gasteiger partial charge on any atom is 0.276 e. The standard InChI is InChI=1S/C7H15BrN2O2S/c8-4-1-2-7-3-5-10(6-7)13(9,11)12/h7H,1-6H2,(H2,9,11,12). The van der Waals surface area contributed by atoms with Gasteiger partial charge in [0.05, 0.1) is 0 Å². The Bertz CT molecular complexity index is 255. The van der Waals surface area contributed by atoms with Gasteiger partial charge in [-0.2, -0.15) is 12.7 Å². The maximum absolute atomic E-state index is 10.9. The first-order chi connectivity index (χ1) is 6.04. The van der Waals surface area contributed by atoms with Crippen LogP contribution in [0, 0.1) is 5.92 Å². The van der Waals surface area contributed by atoms with E-state index in [-0.39, 0.29) is 0 Å². The number of nitrogens with zero attached hydrogens (tertiary/aromatic N) is 1. The van der Waals surface area contributed by atoms with Crippen LogP contribution in [-0.4, -0.2) is 31.1 Å². The molecule has 1 saturated heterocycles. The minimum absolute atomic E-state index is 0.496. The molecule has 0 aromatic carbocycles. The molecule has 0 aliphatic carbocycles. The summed E-state index contributed by atoms with van der Waals surface area (Å²) in [5.41, 5.74) is 0. The molecule has 0 saturated carbocycles. The van der Waals surface area contributed by atoms with Gasteiger partial charge in [-0.1, -0.05) is 15.9 Å². The molecular formula is C7H15BrN2O2S. The second-order valence-corrected chi connectivity index (χ2v) is 5.73. The molecule has 1 aliphatic heterocycles. The third kappa shape index (κ3) is 3.53. The number of hydrogen-bond donors (Lipinski definition) is 1. The van der Waals surface area contributed by atoms with E-state index in [1.165, 1.54) is 4.31 Å². The van der Waals surface area contributed by atoms with Crippen molar-refractivity contribution >= 4 is 26.1 Å². The van der Waals surface area contributed by atoms with Crippen LogP contribution in [0.3, 0.4) is 0 Å². The Balaban J connectivity index is 2.37. The number of hydrogen-bond acceptors (Lipinski definition) is 2. The molecule has 0 aromatic rings. The summed E-state index contributed by atoms with van der Waals surface area (Å²) in [6.45, 7) is 1.19. The van der Waals surface area contributed by atoms with Gasteiger partial charge in [-0.3, -0.25) is 0 Å². The highest BCUT2D eigenvalue weighted by molar-refractivity contribution is 9.09. The molecule has 1 rings (SSSR count). The van der Waals surface area contributed by atoms with Gasteiger partial charge in [-0.05, 0) is 25.2 Å². The molecule has 13 heavy (non-hydrogen) atoms. The van der Waals surface area contributed by atoms with Crippen LogP contribution in [0.5, 0.6) is 0 Å². The Morgan fingerprint density at radius 1 is 1.54 bits per heavy atom. The lowest BCUT2D eigenvalue weighted by atomic mass is 10.0. The van der Waals surface area contributed by atoms with E-state index in [0.29, 0.717) is 19.0 Å². The van der Waals surface area contributed by atoms with Crippen molar-refractivity contribution in [2.75, 3.05) is 18.4 Å². The zero-order valence-electron chi connectivity index (χ0n) is 7.45. The van der Waals surface area contributed by atoms with E-state index in [9.17, 15) is 8.42 Å². The van der Waals surface area contributed by atoms with E-state index >= 15 is 0 Å². The van der Waals surface area contributed by atoms with Crippen molar-refractivity contribution in [3.63, 3.8) is 0 Å². The second-order valence-electron chi connectivity index (χ2n) is 3.39. The van der Waals surface area contributed by atoms with Gasteiger partial charge >= 0.3 is 0 Å². The van der Waals surface area contributed by atoms with Crippen molar-refractivity contribution in [2.24, 2.45) is 11.1 Å². The highest BCUT2D eigenvalue weighted by Gasteiger charge is 2.28. The highest BCUT2D eigenvalue weighted by atomic mass is 79.9. The van der Waals surface area contributed by atoms with Crippen molar-refractivity contribution in [1.29, 1.82) is 0 Å². The van der Waals surface area contributed by atoms with Gasteiger partial charge in [0.2, 0.25) is 0 Å². The van der Waals surface area contributed by atoms with E-state index in [0.717, 1.165) is 24.6 Å². The van der Waals surface area contributed by atoms with Crippen molar-refractivity contribution < 1.29 is 8.42 Å². The molecule has 1 atom stereocenters. The van der Waals surface area contributed by atoms with E-state index < -0.39 is 10.2 Å². The molecule has 0 radical (unpaired) electrons. The van der Waals surface area contributed by atoms with E-state index in [2.05, 4.69) is 15.9 Å². The minimum Gasteiger partial charge on any atom is -0.216 e. The zero-order valence-corrected chi connectivity index (χ0v) is 9.85. The molecule has 1 heterocycles. The summed E-state index contributed by atoms with van der Waals surface area (Å²) in [6, 6.07) is 0. The Labute approximate surface area is 87.8 Å². The first-order valence-electron chi connectivity index (χ1n) is 4.38. The van der Waals surface area contributed by atoms with E-state index in [1.807, 2.05) is 0 Å². The molecular weight excluding hydrogens is 256 g/mol. The molecule has 2 N–H and O–H groups in total. The van der Waals surface area contributed by atoms with Gasteiger partial charge in [-0.15, -0.1) is 0 Å². The summed E-state index contributed by atoms with van der Waals surface area (Å²) in [5.74, 6) is 0.496. The predicted octanol–water partition coefficient (Wildman–Crippen LogP) is 0.687. The van der Waals surface area contributed by atoms with Crippen molar-refractivity contribution in [3.8, 4) is 0 Å². The van der Waals surface area contributed by atoms with Crippen LogP contribution in [0.1, 0.15) is 19.3 Å². The monoisotopic (exact) mass is 270 g/mol. The number of nitrogens with two attached hydrogens (primary N) is 1. The lowest BCUT2D eigenvalue weighted by Gasteiger charge is -2.12. The fourth-order valence-electron chi connectivity index (χ4n) is 1.63. The zero-order chi connectivity index (χ0) is 9.90. The first-order valence-corrected chi connectivity index (χ1v) is 7.00. The summed E-state index contributed by atoms with van der Waals surface area (Å²) in [5, 5.41) is 6.01. The van der Waals surface area contributed by atoms with Gasteiger partial charge in [0.25, 0.3) is 10.2 Å². The minimum atomic E-state index is -3.44. The maximum atomic E-state index is 10.9. The summed E-state index contributed by atoms with van der Waals surface area (Å²) in [7, 11) is -3.44. The van der Waals surface area contributed by atoms with Crippen LogP contribution < -0.4 is 5.14 Å². The topological polar surface area (TPSA) is 63.4 Å². The Kier molecular flexibility index (Phi) is 4.15. The predicted molar refractivity (Wildman–Crippen MR) is 55.8 cm³/mol. The molecule has 0 spiro atoms. The van der Waals surface area contributed by atoms with E-state index in [4.69, 9.17) is 5.14 Å². The van der Waals surface area contributed by atoms with Gasteiger partial charge in [0, 0.05) is 18.4 Å². The number of rotatable bonds is 4. The molecule has 0 amide bonds. The van der Waals surface area contributed by atoms with Gasteiger partial charge < -0.3 is 0 Å². The van der Waals surface area contributed by atoms with E-state index in [1.54, 1.807) is 0 Å². The Hall–Kier alpha value is 0.350. The Morgan fingerprint density at radius 3 is 2.69 bits per heavy atom. The average molecular weight is 271 g/mol. The fourth-order valence-corrected chi connectivity index (χ4v) is 2.73. The van der Waals surface area contributed by atoms with Gasteiger partial charge in [-0.25, -0.2) is 5.14 Å². The lowest BCUT2D eigenvalue weighted by Crippen LogP contribution is -2.34. The second kappa shape index (κ2) is 4.72. The molecule has 1 fully saturated rings. The van der Waals surface area contributed by atoms with Crippen LogP contribution in [0.25, 0.3) is 0 Å². The van der Waals surface area contributed by atoms with Gasteiger partial charge in [0.1, 0.15) is 0 Å². The Morgan fingerprint density at radius 2 is 2.23 bits per heavy atom. The molecule has 4 nitrogen and oxygen atoms in total. The summed E-state index contributed by atoms with van der Waals surface area (Å²) < 4.78 is 23.3. The SMILES string of the molecule is NS(=O)(=O)N1CCC(CCCBr)C1. The van der Waals surface area contributed by atoms with Crippen LogP contribution in [-0.2, 0) is 10.2 Å². The van der Waals surface area contributed by atoms with Crippen LogP contribution in [0.2, 0.25) is 0 Å². The number of alkyl halides is 1. The molecule has 0 aromatic heterocycles. The van der Waals surface area contributed by atoms with Crippen molar-refractivity contribution in [2.45, 2.75) is 19.3 Å². The summed E-state index contributed by atoms with van der Waals surface area (Å²) >= 11 is 3.35. The van der Waals surface area contributed by atoms with Crippen LogP contribution in [0.4, 0.5) is 0 Å². The van der Waals surface area contributed by atoms with Crippen molar-refractivity contribution in [3.05, 3.63) is 0 Å². The smallest absolute Gasteiger partial charge is 0.216 e. The van der Waals surface area contributed by atoms with Crippen LogP contribution >= 0.6 is 15.9 Å². The molecule has 1 aliphatic rings. The summed E-state index contributed by atoms with van der Waals surface area (Å²) in [4.78, 5) is 0. The molecule has 1 unspecified atom stereocenters. The third-order valence-electron chi connectivity index (χ3n) is 2.35. The third-order valence-corrected chi connectivity index (χ3v) is 3.97. The number of halogens is 1. The first kappa shape index (κ1) is 11.4. The lowest BCUT2D eigenvalue weighted by molar-refractivity contribution is 0.446. The largest absolute Gasteiger partial charge is 0.276 e. The van der Waals surface area contributed by atoms with Crippen LogP contribution in [0.15, 0.2) is 0 Å². The van der Waals surface area contributed by atoms with Crippen molar-refractivity contribution in [1.82, 2.24) is 4.31 Å². The average Bonchev–Trinajstić information content (AvgIpc) is 2.47.